The molecular formula is C8H15N5NaO5+. The fourth-order valence-corrected chi connectivity index (χ4v) is 1.29. The molecule has 102 valence electrons. The zero-order valence-electron chi connectivity index (χ0n) is 10.4. The first-order chi connectivity index (χ1) is 7.72. The summed E-state index contributed by atoms with van der Waals surface area (Å²) >= 11 is 0. The molecule has 0 aliphatic rings. The normalized spacial score (nSPS) is 9.32. The van der Waals surface area contributed by atoms with Gasteiger partial charge in [-0.3, -0.25) is 14.3 Å². The molecule has 8 N–H and O–H groups in total. The van der Waals surface area contributed by atoms with Gasteiger partial charge in [-0.25, -0.2) is 4.98 Å². The molecule has 0 saturated carbocycles. The van der Waals surface area contributed by atoms with Crippen LogP contribution in [0.4, 0.5) is 5.95 Å². The number of imidazole rings is 1. The Morgan fingerprint density at radius 3 is 2.79 bits per heavy atom. The third-order valence-electron chi connectivity index (χ3n) is 1.96. The van der Waals surface area contributed by atoms with Gasteiger partial charge in [-0.1, -0.05) is 0 Å². The van der Waals surface area contributed by atoms with Crippen molar-refractivity contribution in [2.75, 3.05) is 18.9 Å². The number of aromatic amines is 1. The van der Waals surface area contributed by atoms with Crippen LogP contribution in [0.25, 0.3) is 11.2 Å². The summed E-state index contributed by atoms with van der Waals surface area (Å²) in [6.07, 6.45) is 1.43. The number of nitrogens with zero attached hydrogens (tertiary/aromatic N) is 3. The second-order valence-electron chi connectivity index (χ2n) is 3.10. The van der Waals surface area contributed by atoms with E-state index >= 15 is 0 Å². The van der Waals surface area contributed by atoms with E-state index in [1.165, 1.54) is 10.9 Å². The van der Waals surface area contributed by atoms with Crippen LogP contribution in [0.5, 0.6) is 0 Å². The Morgan fingerprint density at radius 1 is 1.47 bits per heavy atom. The van der Waals surface area contributed by atoms with Gasteiger partial charge in [-0.05, 0) is 0 Å². The SMILES string of the molecule is Nc1nc2c(ncn2COCCO)c(=O)[nH]1.O.O.[Na+]. The maximum atomic E-state index is 11.4. The fraction of sp³-hybridized carbons (Fsp3) is 0.375. The maximum Gasteiger partial charge on any atom is 1.00 e. The average Bonchev–Trinajstić information content (AvgIpc) is 2.62. The largest absolute Gasteiger partial charge is 1.00 e. The summed E-state index contributed by atoms with van der Waals surface area (Å²) in [4.78, 5) is 21.6. The standard InChI is InChI=1S/C8H11N5O3.Na.2H2O/c9-8-11-6-5(7(15)12-8)10-3-13(6)4-16-2-1-14;;;/h3,14H,1-2,4H2,(H3,9,11,12,15);;2*1H2/q;+1;;. The molecule has 0 saturated heterocycles. The number of nitrogen functional groups attached to an aromatic ring is 1. The van der Waals surface area contributed by atoms with Crippen molar-refractivity contribution in [2.24, 2.45) is 0 Å². The Labute approximate surface area is 129 Å². The minimum atomic E-state index is -0.386. The summed E-state index contributed by atoms with van der Waals surface area (Å²) in [5.41, 5.74) is 5.60. The predicted octanol–water partition coefficient (Wildman–Crippen LogP) is -5.98. The minimum Gasteiger partial charge on any atom is -0.412 e. The van der Waals surface area contributed by atoms with Crippen molar-refractivity contribution in [3.8, 4) is 0 Å². The average molecular weight is 284 g/mol. The molecule has 0 atom stereocenters. The van der Waals surface area contributed by atoms with Crippen LogP contribution in [0.1, 0.15) is 0 Å². The van der Waals surface area contributed by atoms with Crippen molar-refractivity contribution in [3.05, 3.63) is 16.7 Å². The zero-order valence-corrected chi connectivity index (χ0v) is 12.4. The van der Waals surface area contributed by atoms with E-state index in [2.05, 4.69) is 15.0 Å². The van der Waals surface area contributed by atoms with Gasteiger partial charge in [-0.2, -0.15) is 4.98 Å². The summed E-state index contributed by atoms with van der Waals surface area (Å²) < 4.78 is 6.63. The molecule has 0 fully saturated rings. The Balaban J connectivity index is 0. The molecule has 0 bridgehead atoms. The van der Waals surface area contributed by atoms with Crippen LogP contribution in [0.3, 0.4) is 0 Å². The Bertz CT molecular complexity index is 556. The number of nitrogens with two attached hydrogens (primary N) is 1. The summed E-state index contributed by atoms with van der Waals surface area (Å²) in [7, 11) is 0. The number of hydrogen-bond donors (Lipinski definition) is 3. The molecule has 2 rings (SSSR count). The molecule has 0 aliphatic carbocycles. The molecule has 0 unspecified atom stereocenters. The summed E-state index contributed by atoms with van der Waals surface area (Å²) in [6.45, 7) is 0.300. The van der Waals surface area contributed by atoms with E-state index in [1.54, 1.807) is 0 Å². The smallest absolute Gasteiger partial charge is 0.412 e. The molecule has 11 heteroatoms. The van der Waals surface area contributed by atoms with Gasteiger partial charge in [0.05, 0.1) is 19.5 Å². The molecule has 10 nitrogen and oxygen atoms in total. The number of hydrogen-bond acceptors (Lipinski definition) is 6. The quantitative estimate of drug-likeness (QED) is 0.371. The topological polar surface area (TPSA) is 182 Å². The Kier molecular flexibility index (Phi) is 9.60. The molecule has 2 heterocycles. The van der Waals surface area contributed by atoms with Crippen LogP contribution >= 0.6 is 0 Å². The zero-order chi connectivity index (χ0) is 11.5. The first-order valence-corrected chi connectivity index (χ1v) is 4.61. The van der Waals surface area contributed by atoms with E-state index in [4.69, 9.17) is 15.6 Å². The maximum absolute atomic E-state index is 11.4. The number of ether oxygens (including phenoxy) is 1. The van der Waals surface area contributed by atoms with Crippen molar-refractivity contribution in [3.63, 3.8) is 0 Å². The number of rotatable bonds is 4. The van der Waals surface area contributed by atoms with Crippen LogP contribution in [-0.2, 0) is 11.5 Å². The van der Waals surface area contributed by atoms with Gasteiger partial charge in [0, 0.05) is 0 Å². The molecule has 0 amide bonds. The molecule has 0 aromatic carbocycles. The molecule has 0 radical (unpaired) electrons. The second-order valence-corrected chi connectivity index (χ2v) is 3.10. The van der Waals surface area contributed by atoms with Gasteiger partial charge in [0.15, 0.2) is 11.2 Å². The van der Waals surface area contributed by atoms with E-state index in [0.717, 1.165) is 0 Å². The molecule has 19 heavy (non-hydrogen) atoms. The van der Waals surface area contributed by atoms with Gasteiger partial charge in [0.25, 0.3) is 5.56 Å². The Morgan fingerprint density at radius 2 is 2.16 bits per heavy atom. The van der Waals surface area contributed by atoms with Crippen LogP contribution in [0.2, 0.25) is 0 Å². The molecule has 0 aliphatic heterocycles. The van der Waals surface area contributed by atoms with Crippen LogP contribution in [0, 0.1) is 0 Å². The van der Waals surface area contributed by atoms with Crippen molar-refractivity contribution < 1.29 is 50.4 Å². The Hall–Kier alpha value is -1.01. The number of fused-ring (bicyclic) bond motifs is 1. The number of anilines is 1. The summed E-state index contributed by atoms with van der Waals surface area (Å²) in [5, 5.41) is 8.56. The van der Waals surface area contributed by atoms with Gasteiger partial charge >= 0.3 is 29.6 Å². The van der Waals surface area contributed by atoms with E-state index in [-0.39, 0.29) is 77.5 Å². The van der Waals surface area contributed by atoms with Crippen molar-refractivity contribution in [1.29, 1.82) is 0 Å². The summed E-state index contributed by atoms with van der Waals surface area (Å²) in [6, 6.07) is 0. The van der Waals surface area contributed by atoms with Crippen LogP contribution < -0.4 is 40.9 Å². The van der Waals surface area contributed by atoms with Gasteiger partial charge in [0.2, 0.25) is 5.95 Å². The van der Waals surface area contributed by atoms with E-state index in [1.807, 2.05) is 0 Å². The van der Waals surface area contributed by atoms with Gasteiger partial charge in [-0.15, -0.1) is 0 Å². The fourth-order valence-electron chi connectivity index (χ4n) is 1.29. The van der Waals surface area contributed by atoms with Gasteiger partial charge < -0.3 is 26.5 Å². The first kappa shape index (κ1) is 20.3. The third-order valence-corrected chi connectivity index (χ3v) is 1.96. The molecular weight excluding hydrogens is 269 g/mol. The summed E-state index contributed by atoms with van der Waals surface area (Å²) in [5.74, 6) is 0.0291. The second kappa shape index (κ2) is 8.98. The first-order valence-electron chi connectivity index (χ1n) is 4.61. The molecule has 0 spiro atoms. The third kappa shape index (κ3) is 4.54. The number of aliphatic hydroxyl groups is 1. The van der Waals surface area contributed by atoms with E-state index < -0.39 is 0 Å². The number of nitrogens with one attached hydrogen (secondary N) is 1. The van der Waals surface area contributed by atoms with Crippen LogP contribution in [0.15, 0.2) is 11.1 Å². The van der Waals surface area contributed by atoms with E-state index in [0.29, 0.717) is 5.65 Å². The predicted molar refractivity (Wildman–Crippen MR) is 62.8 cm³/mol. The minimum absolute atomic E-state index is 0. The van der Waals surface area contributed by atoms with Gasteiger partial charge in [0.1, 0.15) is 6.73 Å². The molecule has 2 aromatic heterocycles. The number of aromatic nitrogens is 4. The van der Waals surface area contributed by atoms with Crippen molar-refractivity contribution in [2.45, 2.75) is 6.73 Å². The van der Waals surface area contributed by atoms with E-state index in [9.17, 15) is 4.79 Å². The molecule has 2 aromatic rings. The monoisotopic (exact) mass is 284 g/mol. The van der Waals surface area contributed by atoms with Crippen LogP contribution in [-0.4, -0.2) is 48.8 Å². The number of aliphatic hydroxyl groups excluding tert-OH is 1. The number of H-pyrrole nitrogens is 1. The van der Waals surface area contributed by atoms with Crippen molar-refractivity contribution in [1.82, 2.24) is 19.5 Å². The van der Waals surface area contributed by atoms with Crippen molar-refractivity contribution >= 4 is 17.1 Å².